The van der Waals surface area contributed by atoms with Gasteiger partial charge in [-0.2, -0.15) is 0 Å². The van der Waals surface area contributed by atoms with E-state index in [0.29, 0.717) is 17.3 Å². The van der Waals surface area contributed by atoms with E-state index in [0.717, 1.165) is 17.7 Å². The van der Waals surface area contributed by atoms with Gasteiger partial charge in [0.25, 0.3) is 0 Å². The van der Waals surface area contributed by atoms with Crippen LogP contribution in [0.5, 0.6) is 11.5 Å². The molecule has 0 aliphatic carbocycles. The molecule has 0 saturated carbocycles. The van der Waals surface area contributed by atoms with E-state index >= 15 is 0 Å². The van der Waals surface area contributed by atoms with Crippen molar-refractivity contribution in [1.29, 1.82) is 0 Å². The summed E-state index contributed by atoms with van der Waals surface area (Å²) in [5.41, 5.74) is 7.84. The van der Waals surface area contributed by atoms with Gasteiger partial charge in [-0.3, -0.25) is 0 Å². The van der Waals surface area contributed by atoms with Gasteiger partial charge < -0.3 is 10.5 Å². The van der Waals surface area contributed by atoms with E-state index in [2.05, 4.69) is 0 Å². The van der Waals surface area contributed by atoms with Crippen LogP contribution in [-0.2, 0) is 6.42 Å². The molecule has 0 heterocycles. The van der Waals surface area contributed by atoms with Gasteiger partial charge in [-0.15, -0.1) is 0 Å². The molecular weight excluding hydrogens is 246 g/mol. The highest BCUT2D eigenvalue weighted by molar-refractivity contribution is 6.32. The van der Waals surface area contributed by atoms with Crippen molar-refractivity contribution < 1.29 is 4.74 Å². The lowest BCUT2D eigenvalue weighted by Crippen LogP contribution is -2.02. The third-order valence-electron chi connectivity index (χ3n) is 2.68. The SMILES string of the molecule is Cc1ccc(Oc2ccc(CCN)cc2Cl)cc1. The summed E-state index contributed by atoms with van der Waals surface area (Å²) in [5, 5.41) is 0.613. The zero-order valence-electron chi connectivity index (χ0n) is 10.3. The number of halogens is 1. The van der Waals surface area contributed by atoms with E-state index in [1.54, 1.807) is 0 Å². The molecule has 0 aromatic heterocycles. The van der Waals surface area contributed by atoms with Crippen molar-refractivity contribution >= 4 is 11.6 Å². The Kier molecular flexibility index (Phi) is 4.24. The average molecular weight is 262 g/mol. The van der Waals surface area contributed by atoms with Crippen molar-refractivity contribution in [2.24, 2.45) is 5.73 Å². The second-order valence-corrected chi connectivity index (χ2v) is 4.63. The van der Waals surface area contributed by atoms with Crippen molar-refractivity contribution in [3.8, 4) is 11.5 Å². The molecule has 2 rings (SSSR count). The first-order chi connectivity index (χ1) is 8.69. The molecule has 0 amide bonds. The maximum Gasteiger partial charge on any atom is 0.146 e. The fourth-order valence-electron chi connectivity index (χ4n) is 1.68. The fraction of sp³-hybridized carbons (Fsp3) is 0.200. The molecule has 94 valence electrons. The van der Waals surface area contributed by atoms with Gasteiger partial charge in [-0.05, 0) is 49.7 Å². The Morgan fingerprint density at radius 3 is 2.44 bits per heavy atom. The van der Waals surface area contributed by atoms with Crippen LogP contribution in [0.25, 0.3) is 0 Å². The minimum atomic E-state index is 0.613. The maximum atomic E-state index is 6.18. The number of nitrogens with two attached hydrogens (primary N) is 1. The number of aryl methyl sites for hydroxylation is 1. The lowest BCUT2D eigenvalue weighted by molar-refractivity contribution is 0.482. The average Bonchev–Trinajstić information content (AvgIpc) is 2.36. The molecular formula is C15H16ClNO. The van der Waals surface area contributed by atoms with Crippen LogP contribution in [-0.4, -0.2) is 6.54 Å². The fourth-order valence-corrected chi connectivity index (χ4v) is 1.92. The molecule has 2 aromatic rings. The number of rotatable bonds is 4. The van der Waals surface area contributed by atoms with Crippen molar-refractivity contribution in [3.05, 3.63) is 58.6 Å². The van der Waals surface area contributed by atoms with Crippen molar-refractivity contribution in [1.82, 2.24) is 0 Å². The van der Waals surface area contributed by atoms with Gasteiger partial charge in [-0.1, -0.05) is 35.4 Å². The maximum absolute atomic E-state index is 6.18. The molecule has 18 heavy (non-hydrogen) atoms. The number of benzene rings is 2. The van der Waals surface area contributed by atoms with Crippen LogP contribution in [0.15, 0.2) is 42.5 Å². The molecule has 0 unspecified atom stereocenters. The molecule has 0 saturated heterocycles. The van der Waals surface area contributed by atoms with E-state index in [1.165, 1.54) is 5.56 Å². The molecule has 0 spiro atoms. The predicted molar refractivity (Wildman–Crippen MR) is 75.5 cm³/mol. The monoisotopic (exact) mass is 261 g/mol. The molecule has 2 aromatic carbocycles. The summed E-state index contributed by atoms with van der Waals surface area (Å²) in [5.74, 6) is 1.45. The first-order valence-electron chi connectivity index (χ1n) is 5.92. The van der Waals surface area contributed by atoms with Gasteiger partial charge in [-0.25, -0.2) is 0 Å². The Bertz CT molecular complexity index is 523. The van der Waals surface area contributed by atoms with Crippen molar-refractivity contribution in [3.63, 3.8) is 0 Å². The van der Waals surface area contributed by atoms with Gasteiger partial charge in [0.05, 0.1) is 5.02 Å². The van der Waals surface area contributed by atoms with Crippen LogP contribution in [0.3, 0.4) is 0 Å². The van der Waals surface area contributed by atoms with E-state index in [9.17, 15) is 0 Å². The summed E-state index contributed by atoms with van der Waals surface area (Å²) in [6.45, 7) is 2.66. The van der Waals surface area contributed by atoms with Crippen LogP contribution in [0.4, 0.5) is 0 Å². The summed E-state index contributed by atoms with van der Waals surface area (Å²) in [7, 11) is 0. The highest BCUT2D eigenvalue weighted by atomic mass is 35.5. The Morgan fingerprint density at radius 1 is 1.11 bits per heavy atom. The van der Waals surface area contributed by atoms with Gasteiger partial charge in [0.1, 0.15) is 11.5 Å². The summed E-state index contributed by atoms with van der Waals surface area (Å²) < 4.78 is 5.73. The standard InChI is InChI=1S/C15H16ClNO/c1-11-2-5-13(6-3-11)18-15-7-4-12(8-9-17)10-14(15)16/h2-7,10H,8-9,17H2,1H3. The molecule has 3 heteroatoms. The van der Waals surface area contributed by atoms with Crippen molar-refractivity contribution in [2.45, 2.75) is 13.3 Å². The minimum absolute atomic E-state index is 0.613. The Labute approximate surface area is 112 Å². The van der Waals surface area contributed by atoms with Crippen molar-refractivity contribution in [2.75, 3.05) is 6.54 Å². The molecule has 0 bridgehead atoms. The van der Waals surface area contributed by atoms with E-state index in [-0.39, 0.29) is 0 Å². The lowest BCUT2D eigenvalue weighted by atomic mass is 10.1. The summed E-state index contributed by atoms with van der Waals surface area (Å²) in [6.07, 6.45) is 0.824. The quantitative estimate of drug-likeness (QED) is 0.905. The topological polar surface area (TPSA) is 35.2 Å². The predicted octanol–water partition coefficient (Wildman–Crippen LogP) is 3.94. The zero-order chi connectivity index (χ0) is 13.0. The smallest absolute Gasteiger partial charge is 0.146 e. The van der Waals surface area contributed by atoms with Gasteiger partial charge in [0.15, 0.2) is 0 Å². The minimum Gasteiger partial charge on any atom is -0.456 e. The van der Waals surface area contributed by atoms with Gasteiger partial charge >= 0.3 is 0 Å². The van der Waals surface area contributed by atoms with Gasteiger partial charge in [0.2, 0.25) is 0 Å². The first-order valence-corrected chi connectivity index (χ1v) is 6.30. The van der Waals surface area contributed by atoms with E-state index < -0.39 is 0 Å². The number of ether oxygens (including phenoxy) is 1. The Morgan fingerprint density at radius 2 is 1.83 bits per heavy atom. The summed E-state index contributed by atoms with van der Waals surface area (Å²) in [6, 6.07) is 13.6. The van der Waals surface area contributed by atoms with E-state index in [4.69, 9.17) is 22.1 Å². The third kappa shape index (κ3) is 3.25. The normalized spacial score (nSPS) is 10.4. The Balaban J connectivity index is 2.16. The molecule has 0 radical (unpaired) electrons. The summed E-state index contributed by atoms with van der Waals surface area (Å²) in [4.78, 5) is 0. The highest BCUT2D eigenvalue weighted by Gasteiger charge is 2.04. The first kappa shape index (κ1) is 12.9. The van der Waals surface area contributed by atoms with Crippen LogP contribution in [0, 0.1) is 6.92 Å². The number of hydrogen-bond acceptors (Lipinski definition) is 2. The Hall–Kier alpha value is -1.51. The molecule has 0 fully saturated rings. The molecule has 2 N–H and O–H groups in total. The van der Waals surface area contributed by atoms with Gasteiger partial charge in [0, 0.05) is 0 Å². The molecule has 2 nitrogen and oxygen atoms in total. The third-order valence-corrected chi connectivity index (χ3v) is 2.97. The second kappa shape index (κ2) is 5.89. The summed E-state index contributed by atoms with van der Waals surface area (Å²) >= 11 is 6.18. The van der Waals surface area contributed by atoms with Crippen LogP contribution >= 0.6 is 11.6 Å². The van der Waals surface area contributed by atoms with Crippen LogP contribution in [0.1, 0.15) is 11.1 Å². The van der Waals surface area contributed by atoms with E-state index in [1.807, 2.05) is 49.4 Å². The molecule has 0 atom stereocenters. The second-order valence-electron chi connectivity index (χ2n) is 4.22. The van der Waals surface area contributed by atoms with Crippen LogP contribution < -0.4 is 10.5 Å². The van der Waals surface area contributed by atoms with Crippen LogP contribution in [0.2, 0.25) is 5.02 Å². The number of hydrogen-bond donors (Lipinski definition) is 1. The molecule has 0 aliphatic heterocycles. The largest absolute Gasteiger partial charge is 0.456 e. The molecule has 0 aliphatic rings. The lowest BCUT2D eigenvalue weighted by Gasteiger charge is -2.09. The highest BCUT2D eigenvalue weighted by Crippen LogP contribution is 2.30. The zero-order valence-corrected chi connectivity index (χ0v) is 11.1.